The van der Waals surface area contributed by atoms with E-state index >= 15 is 0 Å². The number of nitrogens with one attached hydrogen (secondary N) is 1. The van der Waals surface area contributed by atoms with E-state index in [1.54, 1.807) is 12.1 Å². The van der Waals surface area contributed by atoms with Crippen LogP contribution in [0, 0.1) is 0 Å². The van der Waals surface area contributed by atoms with Crippen molar-refractivity contribution in [2.24, 2.45) is 0 Å². The molecule has 1 atom stereocenters. The van der Waals surface area contributed by atoms with E-state index in [9.17, 15) is 9.59 Å². The van der Waals surface area contributed by atoms with Gasteiger partial charge < -0.3 is 14.8 Å². The molecule has 0 aromatic heterocycles. The minimum atomic E-state index is -1.15. The second-order valence-corrected chi connectivity index (χ2v) is 4.11. The van der Waals surface area contributed by atoms with Gasteiger partial charge >= 0.3 is 5.97 Å². The summed E-state index contributed by atoms with van der Waals surface area (Å²) in [6.07, 6.45) is 0.362. The highest BCUT2D eigenvalue weighted by atomic mass is 16.5. The van der Waals surface area contributed by atoms with Gasteiger partial charge in [-0.05, 0) is 12.1 Å². The van der Waals surface area contributed by atoms with Crippen LogP contribution in [0.1, 0.15) is 23.2 Å². The van der Waals surface area contributed by atoms with Crippen LogP contribution < -0.4 is 5.32 Å². The molecule has 0 aliphatic carbocycles. The SMILES string of the molecule is COC(=O)CCC1(OC)Nc2ccccc2C1=O. The van der Waals surface area contributed by atoms with E-state index in [0.717, 1.165) is 5.69 Å². The van der Waals surface area contributed by atoms with Crippen molar-refractivity contribution < 1.29 is 19.1 Å². The number of carbonyl (C=O) groups excluding carboxylic acids is 2. The third-order valence-corrected chi connectivity index (χ3v) is 3.13. The lowest BCUT2D eigenvalue weighted by atomic mass is 10.0. The highest BCUT2D eigenvalue weighted by Gasteiger charge is 2.45. The molecule has 5 nitrogen and oxygen atoms in total. The maximum absolute atomic E-state index is 12.3. The Morgan fingerprint density at radius 3 is 2.67 bits per heavy atom. The van der Waals surface area contributed by atoms with Gasteiger partial charge in [0.05, 0.1) is 13.5 Å². The zero-order valence-electron chi connectivity index (χ0n) is 10.4. The Morgan fingerprint density at radius 1 is 1.33 bits per heavy atom. The molecule has 0 spiro atoms. The first-order valence-corrected chi connectivity index (χ1v) is 5.67. The number of fused-ring (bicyclic) bond motifs is 1. The van der Waals surface area contributed by atoms with Crippen molar-refractivity contribution in [2.75, 3.05) is 19.5 Å². The lowest BCUT2D eigenvalue weighted by molar-refractivity contribution is -0.141. The minimum Gasteiger partial charge on any atom is -0.469 e. The quantitative estimate of drug-likeness (QED) is 0.821. The van der Waals surface area contributed by atoms with Gasteiger partial charge in [-0.25, -0.2) is 0 Å². The molecule has 0 fully saturated rings. The van der Waals surface area contributed by atoms with Crippen molar-refractivity contribution in [3.63, 3.8) is 0 Å². The van der Waals surface area contributed by atoms with Crippen molar-refractivity contribution >= 4 is 17.4 Å². The van der Waals surface area contributed by atoms with Crippen molar-refractivity contribution in [3.8, 4) is 0 Å². The first-order chi connectivity index (χ1) is 8.63. The number of ketones is 1. The molecular formula is C13H15NO4. The average Bonchev–Trinajstić information content (AvgIpc) is 2.70. The molecule has 0 saturated heterocycles. The van der Waals surface area contributed by atoms with Crippen LogP contribution >= 0.6 is 0 Å². The number of methoxy groups -OCH3 is 2. The fourth-order valence-electron chi connectivity index (χ4n) is 2.08. The molecule has 0 bridgehead atoms. The molecule has 2 rings (SSSR count). The number of carbonyl (C=O) groups is 2. The first-order valence-electron chi connectivity index (χ1n) is 5.67. The van der Waals surface area contributed by atoms with Gasteiger partial charge in [0.25, 0.3) is 0 Å². The smallest absolute Gasteiger partial charge is 0.305 e. The molecule has 1 unspecified atom stereocenters. The molecule has 1 aliphatic rings. The molecule has 1 N–H and O–H groups in total. The lowest BCUT2D eigenvalue weighted by Gasteiger charge is -2.26. The molecule has 5 heteroatoms. The highest BCUT2D eigenvalue weighted by Crippen LogP contribution is 2.35. The molecule has 1 aromatic rings. The third kappa shape index (κ3) is 1.97. The minimum absolute atomic E-state index is 0.122. The summed E-state index contributed by atoms with van der Waals surface area (Å²) in [4.78, 5) is 23.5. The van der Waals surface area contributed by atoms with E-state index in [4.69, 9.17) is 4.74 Å². The molecule has 1 heterocycles. The first kappa shape index (κ1) is 12.6. The van der Waals surface area contributed by atoms with Crippen LogP contribution in [0.5, 0.6) is 0 Å². The predicted molar refractivity (Wildman–Crippen MR) is 65.4 cm³/mol. The van der Waals surface area contributed by atoms with Crippen LogP contribution in [-0.2, 0) is 14.3 Å². The Balaban J connectivity index is 2.21. The van der Waals surface area contributed by atoms with Gasteiger partial charge in [0.1, 0.15) is 0 Å². The standard InChI is InChI=1S/C13H15NO4/c1-17-11(15)7-8-13(18-2)12(16)9-5-3-4-6-10(9)14-13/h3-6,14H,7-8H2,1-2H3. The summed E-state index contributed by atoms with van der Waals surface area (Å²) in [5.74, 6) is -0.513. The Bertz CT molecular complexity index is 486. The molecular weight excluding hydrogens is 234 g/mol. The van der Waals surface area contributed by atoms with E-state index in [0.29, 0.717) is 5.56 Å². The summed E-state index contributed by atoms with van der Waals surface area (Å²) < 4.78 is 9.90. The van der Waals surface area contributed by atoms with Crippen molar-refractivity contribution in [2.45, 2.75) is 18.6 Å². The van der Waals surface area contributed by atoms with Crippen LogP contribution in [0.25, 0.3) is 0 Å². The van der Waals surface area contributed by atoms with Crippen LogP contribution in [0.4, 0.5) is 5.69 Å². The molecule has 1 aliphatic heterocycles. The topological polar surface area (TPSA) is 64.6 Å². The molecule has 1 aromatic carbocycles. The van der Waals surface area contributed by atoms with Gasteiger partial charge in [0.15, 0.2) is 0 Å². The Morgan fingerprint density at radius 2 is 2.06 bits per heavy atom. The summed E-state index contributed by atoms with van der Waals surface area (Å²) in [5.41, 5.74) is 0.163. The van der Waals surface area contributed by atoms with Gasteiger partial charge in [-0.3, -0.25) is 9.59 Å². The molecule has 0 saturated carbocycles. The maximum Gasteiger partial charge on any atom is 0.305 e. The van der Waals surface area contributed by atoms with Crippen molar-refractivity contribution in [1.29, 1.82) is 0 Å². The van der Waals surface area contributed by atoms with Crippen molar-refractivity contribution in [1.82, 2.24) is 0 Å². The third-order valence-electron chi connectivity index (χ3n) is 3.13. The zero-order chi connectivity index (χ0) is 13.2. The van der Waals surface area contributed by atoms with Crippen LogP contribution in [0.3, 0.4) is 0 Å². The number of para-hydroxylation sites is 1. The van der Waals surface area contributed by atoms with Gasteiger partial charge in [-0.2, -0.15) is 0 Å². The average molecular weight is 249 g/mol. The van der Waals surface area contributed by atoms with Gasteiger partial charge in [0.2, 0.25) is 11.5 Å². The van der Waals surface area contributed by atoms with E-state index in [1.807, 2.05) is 12.1 Å². The second-order valence-electron chi connectivity index (χ2n) is 4.11. The normalized spacial score (nSPS) is 21.3. The second kappa shape index (κ2) is 4.78. The monoisotopic (exact) mass is 249 g/mol. The van der Waals surface area contributed by atoms with E-state index < -0.39 is 5.72 Å². The van der Waals surface area contributed by atoms with Gasteiger partial charge in [-0.15, -0.1) is 0 Å². The molecule has 96 valence electrons. The van der Waals surface area contributed by atoms with Gasteiger partial charge in [0, 0.05) is 24.8 Å². The molecule has 18 heavy (non-hydrogen) atoms. The highest BCUT2D eigenvalue weighted by molar-refractivity contribution is 6.12. The largest absolute Gasteiger partial charge is 0.469 e. The Hall–Kier alpha value is -1.88. The van der Waals surface area contributed by atoms with Crippen LogP contribution in [0.15, 0.2) is 24.3 Å². The Labute approximate surface area is 105 Å². The van der Waals surface area contributed by atoms with E-state index in [2.05, 4.69) is 10.1 Å². The summed E-state index contributed by atoms with van der Waals surface area (Å²) in [5, 5.41) is 3.05. The van der Waals surface area contributed by atoms with E-state index in [1.165, 1.54) is 14.2 Å². The van der Waals surface area contributed by atoms with Crippen molar-refractivity contribution in [3.05, 3.63) is 29.8 Å². The number of hydrogen-bond acceptors (Lipinski definition) is 5. The number of esters is 1. The molecule has 0 amide bonds. The van der Waals surface area contributed by atoms with Gasteiger partial charge in [-0.1, -0.05) is 12.1 Å². The summed E-state index contributed by atoms with van der Waals surface area (Å²) in [6.45, 7) is 0. The molecule has 0 radical (unpaired) electrons. The summed E-state index contributed by atoms with van der Waals surface area (Å²) in [7, 11) is 2.77. The Kier molecular flexibility index (Phi) is 3.34. The fourth-order valence-corrected chi connectivity index (χ4v) is 2.08. The summed E-state index contributed by atoms with van der Waals surface area (Å²) in [6, 6.07) is 7.19. The van der Waals surface area contributed by atoms with Crippen LogP contribution in [0.2, 0.25) is 0 Å². The number of benzene rings is 1. The number of hydrogen-bond donors (Lipinski definition) is 1. The van der Waals surface area contributed by atoms with E-state index in [-0.39, 0.29) is 24.6 Å². The number of ether oxygens (including phenoxy) is 2. The lowest BCUT2D eigenvalue weighted by Crippen LogP contribution is -2.44. The zero-order valence-corrected chi connectivity index (χ0v) is 10.4. The number of rotatable bonds is 4. The number of anilines is 1. The predicted octanol–water partition coefficient (Wildman–Crippen LogP) is 1.59. The number of Topliss-reactive ketones (excluding diaryl/α,β-unsaturated/α-hetero) is 1. The van der Waals surface area contributed by atoms with Crippen LogP contribution in [-0.4, -0.2) is 31.7 Å². The maximum atomic E-state index is 12.3. The fraction of sp³-hybridized carbons (Fsp3) is 0.385. The summed E-state index contributed by atoms with van der Waals surface area (Å²) >= 11 is 0.